The molecule has 0 fully saturated rings. The molecule has 0 aliphatic carbocycles. The summed E-state index contributed by atoms with van der Waals surface area (Å²) in [6.07, 6.45) is 1.67. The number of rotatable bonds is 4. The number of nitrogens with one attached hydrogen (secondary N) is 1. The van der Waals surface area contributed by atoms with Crippen molar-refractivity contribution in [2.24, 2.45) is 4.99 Å². The number of guanidine groups is 1. The summed E-state index contributed by atoms with van der Waals surface area (Å²) in [7, 11) is 7.07. The van der Waals surface area contributed by atoms with Crippen molar-refractivity contribution in [1.29, 1.82) is 0 Å². The Kier molecular flexibility index (Phi) is 5.41. The maximum absolute atomic E-state index is 11.5. The quantitative estimate of drug-likeness (QED) is 0.643. The molecule has 0 aromatic carbocycles. The first-order chi connectivity index (χ1) is 8.95. The van der Waals surface area contributed by atoms with Crippen molar-refractivity contribution in [3.8, 4) is 0 Å². The van der Waals surface area contributed by atoms with Crippen LogP contribution >= 0.6 is 0 Å². The smallest absolute Gasteiger partial charge is 0.241 e. The summed E-state index contributed by atoms with van der Waals surface area (Å²) in [6.45, 7) is 2.83. The molecule has 1 N–H and O–H groups in total. The van der Waals surface area contributed by atoms with Crippen LogP contribution in [0.2, 0.25) is 0 Å². The van der Waals surface area contributed by atoms with Gasteiger partial charge in [-0.3, -0.25) is 9.79 Å². The van der Waals surface area contributed by atoms with Gasteiger partial charge in [-0.15, -0.1) is 0 Å². The van der Waals surface area contributed by atoms with Crippen molar-refractivity contribution >= 4 is 11.9 Å². The summed E-state index contributed by atoms with van der Waals surface area (Å²) < 4.78 is 5.26. The predicted molar refractivity (Wildman–Crippen MR) is 75.0 cm³/mol. The second-order valence-electron chi connectivity index (χ2n) is 4.55. The lowest BCUT2D eigenvalue weighted by Gasteiger charge is -2.22. The van der Waals surface area contributed by atoms with E-state index in [1.54, 1.807) is 32.3 Å². The van der Waals surface area contributed by atoms with Gasteiger partial charge < -0.3 is 19.5 Å². The zero-order valence-electron chi connectivity index (χ0n) is 12.2. The highest BCUT2D eigenvalue weighted by Gasteiger charge is 2.11. The summed E-state index contributed by atoms with van der Waals surface area (Å²) in [6, 6.07) is 1.93. The van der Waals surface area contributed by atoms with Crippen molar-refractivity contribution in [2.45, 2.75) is 13.5 Å². The van der Waals surface area contributed by atoms with E-state index in [-0.39, 0.29) is 12.5 Å². The van der Waals surface area contributed by atoms with Crippen LogP contribution in [0.4, 0.5) is 0 Å². The van der Waals surface area contributed by atoms with Gasteiger partial charge in [-0.2, -0.15) is 0 Å². The van der Waals surface area contributed by atoms with Crippen LogP contribution in [-0.4, -0.2) is 56.4 Å². The van der Waals surface area contributed by atoms with Gasteiger partial charge >= 0.3 is 0 Å². The summed E-state index contributed by atoms with van der Waals surface area (Å²) in [5.74, 6) is 1.58. The van der Waals surface area contributed by atoms with Crippen LogP contribution in [0.15, 0.2) is 21.7 Å². The summed E-state index contributed by atoms with van der Waals surface area (Å²) in [5, 5.41) is 3.04. The van der Waals surface area contributed by atoms with Crippen LogP contribution in [0.25, 0.3) is 0 Å². The fourth-order valence-corrected chi connectivity index (χ4v) is 1.60. The maximum Gasteiger partial charge on any atom is 0.241 e. The van der Waals surface area contributed by atoms with Gasteiger partial charge in [-0.1, -0.05) is 0 Å². The van der Waals surface area contributed by atoms with E-state index >= 15 is 0 Å². The van der Waals surface area contributed by atoms with Crippen LogP contribution in [0.5, 0.6) is 0 Å². The molecule has 1 rings (SSSR count). The van der Waals surface area contributed by atoms with Crippen LogP contribution < -0.4 is 5.32 Å². The van der Waals surface area contributed by atoms with Crippen LogP contribution in [0.3, 0.4) is 0 Å². The first kappa shape index (κ1) is 15.1. The first-order valence-corrected chi connectivity index (χ1v) is 6.10. The average molecular weight is 266 g/mol. The van der Waals surface area contributed by atoms with E-state index < -0.39 is 0 Å². The van der Waals surface area contributed by atoms with Crippen LogP contribution in [0, 0.1) is 6.92 Å². The van der Waals surface area contributed by atoms with Gasteiger partial charge in [0.1, 0.15) is 5.76 Å². The second-order valence-corrected chi connectivity index (χ2v) is 4.55. The molecule has 6 nitrogen and oxygen atoms in total. The molecule has 0 atom stereocenters. The Morgan fingerprint density at radius 1 is 1.42 bits per heavy atom. The number of carbonyl (C=O) groups excluding carboxylic acids is 1. The van der Waals surface area contributed by atoms with Crippen molar-refractivity contribution in [2.75, 3.05) is 34.7 Å². The first-order valence-electron chi connectivity index (χ1n) is 6.10. The van der Waals surface area contributed by atoms with Gasteiger partial charge in [0.05, 0.1) is 12.8 Å². The highest BCUT2D eigenvalue weighted by Crippen LogP contribution is 2.10. The summed E-state index contributed by atoms with van der Waals surface area (Å²) >= 11 is 0. The third-order valence-electron chi connectivity index (χ3n) is 2.84. The summed E-state index contributed by atoms with van der Waals surface area (Å²) in [4.78, 5) is 19.2. The van der Waals surface area contributed by atoms with Gasteiger partial charge in [0.25, 0.3) is 0 Å². The summed E-state index contributed by atoms with van der Waals surface area (Å²) in [5.41, 5.74) is 1.10. The standard InChI is InChI=1S/C13H22N4O2/c1-10-11(6-7-19-10)9-17(5)13(14-2)15-8-12(18)16(3)4/h6-7H,8-9H2,1-5H3,(H,14,15). The largest absolute Gasteiger partial charge is 0.469 e. The van der Waals surface area contributed by atoms with E-state index in [1.807, 2.05) is 24.9 Å². The molecule has 0 aliphatic rings. The molecule has 0 aliphatic heterocycles. The Morgan fingerprint density at radius 2 is 2.11 bits per heavy atom. The third-order valence-corrected chi connectivity index (χ3v) is 2.84. The van der Waals surface area contributed by atoms with Crippen LogP contribution in [-0.2, 0) is 11.3 Å². The Labute approximate surface area is 114 Å². The molecule has 1 amide bonds. The van der Waals surface area contributed by atoms with Gasteiger partial charge in [-0.05, 0) is 13.0 Å². The lowest BCUT2D eigenvalue weighted by molar-refractivity contribution is -0.127. The highest BCUT2D eigenvalue weighted by molar-refractivity contribution is 5.86. The molecule has 0 spiro atoms. The van der Waals surface area contributed by atoms with Gasteiger partial charge in [0, 0.05) is 40.3 Å². The molecule has 0 saturated carbocycles. The minimum Gasteiger partial charge on any atom is -0.469 e. The molecule has 106 valence electrons. The zero-order chi connectivity index (χ0) is 14.4. The lowest BCUT2D eigenvalue weighted by Crippen LogP contribution is -2.43. The fraction of sp³-hybridized carbons (Fsp3) is 0.538. The number of amides is 1. The van der Waals surface area contributed by atoms with E-state index in [0.29, 0.717) is 12.5 Å². The lowest BCUT2D eigenvalue weighted by atomic mass is 10.2. The van der Waals surface area contributed by atoms with E-state index in [2.05, 4.69) is 10.3 Å². The molecule has 0 bridgehead atoms. The number of hydrogen-bond acceptors (Lipinski definition) is 3. The number of furan rings is 1. The Balaban J connectivity index is 2.56. The molecule has 0 unspecified atom stereocenters. The van der Waals surface area contributed by atoms with Crippen molar-refractivity contribution in [3.05, 3.63) is 23.7 Å². The fourth-order valence-electron chi connectivity index (χ4n) is 1.60. The highest BCUT2D eigenvalue weighted by atomic mass is 16.3. The van der Waals surface area contributed by atoms with E-state index in [9.17, 15) is 4.79 Å². The molecule has 0 radical (unpaired) electrons. The Hall–Kier alpha value is -1.98. The van der Waals surface area contributed by atoms with E-state index in [0.717, 1.165) is 11.3 Å². The number of likely N-dealkylation sites (N-methyl/N-ethyl adjacent to an activating group) is 1. The SMILES string of the molecule is CN=C(NCC(=O)N(C)C)N(C)Cc1ccoc1C. The van der Waals surface area contributed by atoms with Crippen molar-refractivity contribution < 1.29 is 9.21 Å². The Bertz CT molecular complexity index is 451. The average Bonchev–Trinajstić information content (AvgIpc) is 2.75. The van der Waals surface area contributed by atoms with Crippen molar-refractivity contribution in [3.63, 3.8) is 0 Å². The van der Waals surface area contributed by atoms with E-state index in [4.69, 9.17) is 4.42 Å². The number of aryl methyl sites for hydroxylation is 1. The molecule has 0 saturated heterocycles. The van der Waals surface area contributed by atoms with Crippen molar-refractivity contribution in [1.82, 2.24) is 15.1 Å². The molecular formula is C13H22N4O2. The molecule has 6 heteroatoms. The topological polar surface area (TPSA) is 61.1 Å². The predicted octanol–water partition coefficient (Wildman–Crippen LogP) is 0.683. The Morgan fingerprint density at radius 3 is 2.58 bits per heavy atom. The molecule has 1 heterocycles. The van der Waals surface area contributed by atoms with E-state index in [1.165, 1.54) is 0 Å². The number of hydrogen-bond donors (Lipinski definition) is 1. The second kappa shape index (κ2) is 6.82. The normalized spacial score (nSPS) is 11.3. The molecule has 1 aromatic heterocycles. The molecular weight excluding hydrogens is 244 g/mol. The number of aliphatic imine (C=N–C) groups is 1. The number of nitrogens with zero attached hydrogens (tertiary/aromatic N) is 3. The van der Waals surface area contributed by atoms with Gasteiger partial charge in [0.15, 0.2) is 5.96 Å². The molecule has 1 aromatic rings. The maximum atomic E-state index is 11.5. The third kappa shape index (κ3) is 4.31. The van der Waals surface area contributed by atoms with Gasteiger partial charge in [0.2, 0.25) is 5.91 Å². The van der Waals surface area contributed by atoms with Gasteiger partial charge in [-0.25, -0.2) is 0 Å². The zero-order valence-corrected chi connectivity index (χ0v) is 12.2. The molecule has 19 heavy (non-hydrogen) atoms. The van der Waals surface area contributed by atoms with Crippen LogP contribution in [0.1, 0.15) is 11.3 Å². The minimum atomic E-state index is 0.00837. The monoisotopic (exact) mass is 266 g/mol. The number of carbonyl (C=O) groups is 1. The minimum absolute atomic E-state index is 0.00837.